The van der Waals surface area contributed by atoms with Gasteiger partial charge < -0.3 is 10.4 Å². The Balaban J connectivity index is 2.10. The minimum atomic E-state index is -0.874. The zero-order valence-electron chi connectivity index (χ0n) is 12.5. The molecule has 2 atom stereocenters. The van der Waals surface area contributed by atoms with E-state index in [4.69, 9.17) is 0 Å². The molecule has 114 valence electrons. The molecule has 0 spiro atoms. The zero-order chi connectivity index (χ0) is 15.4. The number of amides is 1. The van der Waals surface area contributed by atoms with Gasteiger partial charge in [0, 0.05) is 12.6 Å². The molecule has 5 nitrogen and oxygen atoms in total. The summed E-state index contributed by atoms with van der Waals surface area (Å²) in [4.78, 5) is 25.2. The molecule has 1 aliphatic rings. The third kappa shape index (κ3) is 3.82. The molecule has 0 radical (unpaired) electrons. The first-order valence-corrected chi connectivity index (χ1v) is 7.34. The summed E-state index contributed by atoms with van der Waals surface area (Å²) in [6.07, 6.45) is 1.30. The number of carboxylic acids is 1. The van der Waals surface area contributed by atoms with Gasteiger partial charge >= 0.3 is 5.97 Å². The van der Waals surface area contributed by atoms with E-state index in [0.717, 1.165) is 17.5 Å². The van der Waals surface area contributed by atoms with Crippen LogP contribution in [0.5, 0.6) is 0 Å². The maximum atomic E-state index is 12.0. The lowest BCUT2D eigenvalue weighted by Crippen LogP contribution is -2.50. The van der Waals surface area contributed by atoms with Crippen LogP contribution in [-0.2, 0) is 22.6 Å². The van der Waals surface area contributed by atoms with Gasteiger partial charge in [-0.25, -0.2) is 0 Å². The molecule has 2 N–H and O–H groups in total. The fourth-order valence-corrected chi connectivity index (χ4v) is 2.59. The van der Waals surface area contributed by atoms with Crippen molar-refractivity contribution in [3.63, 3.8) is 0 Å². The van der Waals surface area contributed by atoms with Crippen molar-refractivity contribution in [3.05, 3.63) is 35.4 Å². The summed E-state index contributed by atoms with van der Waals surface area (Å²) in [5.74, 6) is -0.990. The molecule has 1 aromatic carbocycles. The Labute approximate surface area is 125 Å². The zero-order valence-corrected chi connectivity index (χ0v) is 12.5. The van der Waals surface area contributed by atoms with Crippen molar-refractivity contribution in [2.45, 2.75) is 45.3 Å². The van der Waals surface area contributed by atoms with Crippen molar-refractivity contribution in [1.82, 2.24) is 10.2 Å². The topological polar surface area (TPSA) is 69.6 Å². The van der Waals surface area contributed by atoms with Crippen molar-refractivity contribution < 1.29 is 14.7 Å². The second kappa shape index (κ2) is 6.72. The van der Waals surface area contributed by atoms with E-state index >= 15 is 0 Å². The second-order valence-electron chi connectivity index (χ2n) is 5.61. The quantitative estimate of drug-likeness (QED) is 0.860. The predicted octanol–water partition coefficient (Wildman–Crippen LogP) is 1.41. The largest absolute Gasteiger partial charge is 0.480 e. The molecule has 2 rings (SSSR count). The molecular formula is C16H22N2O3. The lowest BCUT2D eigenvalue weighted by molar-refractivity contribution is -0.144. The van der Waals surface area contributed by atoms with Gasteiger partial charge in [-0.2, -0.15) is 0 Å². The van der Waals surface area contributed by atoms with Gasteiger partial charge in [-0.05, 0) is 30.9 Å². The molecule has 0 fully saturated rings. The van der Waals surface area contributed by atoms with Crippen molar-refractivity contribution in [3.8, 4) is 0 Å². The highest BCUT2D eigenvalue weighted by Crippen LogP contribution is 2.23. The van der Waals surface area contributed by atoms with Crippen LogP contribution in [0.1, 0.15) is 31.4 Å². The molecular weight excluding hydrogens is 268 g/mol. The molecule has 0 saturated carbocycles. The number of hydrogen-bond acceptors (Lipinski definition) is 3. The minimum Gasteiger partial charge on any atom is -0.480 e. The van der Waals surface area contributed by atoms with Gasteiger partial charge in [-0.3, -0.25) is 14.5 Å². The first kappa shape index (κ1) is 15.5. The molecule has 0 bridgehead atoms. The summed E-state index contributed by atoms with van der Waals surface area (Å²) in [6.45, 7) is 4.57. The number of nitrogens with zero attached hydrogens (tertiary/aromatic N) is 1. The second-order valence-corrected chi connectivity index (χ2v) is 5.61. The van der Waals surface area contributed by atoms with Gasteiger partial charge in [0.1, 0.15) is 6.04 Å². The summed E-state index contributed by atoms with van der Waals surface area (Å²) in [5.41, 5.74) is 2.16. The molecule has 0 saturated heterocycles. The van der Waals surface area contributed by atoms with Gasteiger partial charge in [-0.1, -0.05) is 31.2 Å². The number of nitrogens with one attached hydrogen (secondary N) is 1. The SMILES string of the molecule is CCC(C)NC(=O)CN1Cc2ccccc2CC1C(=O)O. The summed E-state index contributed by atoms with van der Waals surface area (Å²) in [5, 5.41) is 12.3. The van der Waals surface area contributed by atoms with Crippen LogP contribution < -0.4 is 5.32 Å². The summed E-state index contributed by atoms with van der Waals surface area (Å²) in [7, 11) is 0. The third-order valence-electron chi connectivity index (χ3n) is 4.00. The molecule has 5 heteroatoms. The fourth-order valence-electron chi connectivity index (χ4n) is 2.59. The number of aliphatic carboxylic acids is 1. The lowest BCUT2D eigenvalue weighted by atomic mass is 9.94. The number of carboxylic acid groups (broad SMARTS) is 1. The van der Waals surface area contributed by atoms with Crippen LogP contribution in [0.4, 0.5) is 0 Å². The van der Waals surface area contributed by atoms with E-state index in [0.29, 0.717) is 13.0 Å². The van der Waals surface area contributed by atoms with Gasteiger partial charge in [0.15, 0.2) is 0 Å². The van der Waals surface area contributed by atoms with E-state index in [1.165, 1.54) is 0 Å². The maximum Gasteiger partial charge on any atom is 0.321 e. The van der Waals surface area contributed by atoms with Crippen LogP contribution in [0.15, 0.2) is 24.3 Å². The minimum absolute atomic E-state index is 0.109. The standard InChI is InChI=1S/C16H22N2O3/c1-3-11(2)17-15(19)10-18-9-13-7-5-4-6-12(13)8-14(18)16(20)21/h4-7,11,14H,3,8-10H2,1-2H3,(H,17,19)(H,20,21). The van der Waals surface area contributed by atoms with E-state index in [1.54, 1.807) is 4.90 Å². The monoisotopic (exact) mass is 290 g/mol. The molecule has 1 aliphatic heterocycles. The van der Waals surface area contributed by atoms with Crippen molar-refractivity contribution in [2.75, 3.05) is 6.54 Å². The molecule has 1 aromatic rings. The Morgan fingerprint density at radius 2 is 2.05 bits per heavy atom. The van der Waals surface area contributed by atoms with Gasteiger partial charge in [-0.15, -0.1) is 0 Å². The van der Waals surface area contributed by atoms with E-state index < -0.39 is 12.0 Å². The highest BCUT2D eigenvalue weighted by atomic mass is 16.4. The number of carbonyl (C=O) groups is 2. The number of rotatable bonds is 5. The normalized spacial score (nSPS) is 19.6. The number of benzene rings is 1. The number of hydrogen-bond donors (Lipinski definition) is 2. The molecule has 1 heterocycles. The highest BCUT2D eigenvalue weighted by Gasteiger charge is 2.32. The van der Waals surface area contributed by atoms with Crippen LogP contribution in [-0.4, -0.2) is 40.5 Å². The molecule has 2 unspecified atom stereocenters. The first-order valence-electron chi connectivity index (χ1n) is 7.34. The molecule has 0 aliphatic carbocycles. The van der Waals surface area contributed by atoms with Crippen LogP contribution >= 0.6 is 0 Å². The first-order chi connectivity index (χ1) is 10.0. The Bertz CT molecular complexity index is 530. The van der Waals surface area contributed by atoms with Gasteiger partial charge in [0.05, 0.1) is 6.54 Å². The van der Waals surface area contributed by atoms with E-state index in [2.05, 4.69) is 5.32 Å². The maximum absolute atomic E-state index is 12.0. The predicted molar refractivity (Wildman–Crippen MR) is 79.9 cm³/mol. The third-order valence-corrected chi connectivity index (χ3v) is 4.00. The van der Waals surface area contributed by atoms with Crippen LogP contribution in [0.2, 0.25) is 0 Å². The average molecular weight is 290 g/mol. The van der Waals surface area contributed by atoms with Crippen molar-refractivity contribution in [1.29, 1.82) is 0 Å². The summed E-state index contributed by atoms with van der Waals surface area (Å²) in [6, 6.07) is 7.29. The smallest absolute Gasteiger partial charge is 0.321 e. The molecule has 1 amide bonds. The Morgan fingerprint density at radius 3 is 2.67 bits per heavy atom. The molecule has 21 heavy (non-hydrogen) atoms. The lowest BCUT2D eigenvalue weighted by Gasteiger charge is -2.34. The summed E-state index contributed by atoms with van der Waals surface area (Å²) >= 11 is 0. The van der Waals surface area contributed by atoms with E-state index in [9.17, 15) is 14.7 Å². The van der Waals surface area contributed by atoms with Gasteiger partial charge in [0.2, 0.25) is 5.91 Å². The fraction of sp³-hybridized carbons (Fsp3) is 0.500. The van der Waals surface area contributed by atoms with E-state index in [-0.39, 0.29) is 18.5 Å². The Hall–Kier alpha value is -1.88. The number of fused-ring (bicyclic) bond motifs is 1. The van der Waals surface area contributed by atoms with Crippen molar-refractivity contribution >= 4 is 11.9 Å². The van der Waals surface area contributed by atoms with Crippen LogP contribution in [0.25, 0.3) is 0 Å². The van der Waals surface area contributed by atoms with Crippen LogP contribution in [0.3, 0.4) is 0 Å². The van der Waals surface area contributed by atoms with Crippen LogP contribution in [0, 0.1) is 0 Å². The molecule has 0 aromatic heterocycles. The highest BCUT2D eigenvalue weighted by molar-refractivity contribution is 5.80. The Kier molecular flexibility index (Phi) is 4.96. The number of carbonyl (C=O) groups excluding carboxylic acids is 1. The van der Waals surface area contributed by atoms with Crippen molar-refractivity contribution in [2.24, 2.45) is 0 Å². The van der Waals surface area contributed by atoms with E-state index in [1.807, 2.05) is 38.1 Å². The average Bonchev–Trinajstić information content (AvgIpc) is 2.46. The van der Waals surface area contributed by atoms with Gasteiger partial charge in [0.25, 0.3) is 0 Å². The Morgan fingerprint density at radius 1 is 1.38 bits per heavy atom. The summed E-state index contributed by atoms with van der Waals surface area (Å²) < 4.78 is 0.